The van der Waals surface area contributed by atoms with Crippen molar-refractivity contribution in [2.45, 2.75) is 124 Å². The van der Waals surface area contributed by atoms with Gasteiger partial charge in [-0.3, -0.25) is 9.59 Å². The molecule has 1 aliphatic rings. The van der Waals surface area contributed by atoms with Gasteiger partial charge in [-0.25, -0.2) is 9.59 Å². The van der Waals surface area contributed by atoms with Gasteiger partial charge in [-0.05, 0) is 133 Å². The molecule has 0 unspecified atom stereocenters. The first-order valence-electron chi connectivity index (χ1n) is 17.8. The van der Waals surface area contributed by atoms with Crippen LogP contribution < -0.4 is 15.4 Å². The number of hydrogen-bond donors (Lipinski definition) is 2. The molecule has 0 saturated heterocycles. The van der Waals surface area contributed by atoms with Crippen LogP contribution in [-0.4, -0.2) is 64.3 Å². The third-order valence-corrected chi connectivity index (χ3v) is 8.57. The zero-order chi connectivity index (χ0) is 37.8. The molecule has 10 nitrogen and oxygen atoms in total. The standard InChI is InChI=1S/C41H55N3O7/c1-38(2,3)50-36(47)42-40(7,8)22-24-44(25-23-41(9,10)43-37(48)51-39(4,5)6)34(45)20-21-35(46)49-29-16-19-31-28(26-29)15-18-32-30-13-11-12-27(30)14-17-33(31)32/h11-12,14-19,26H,13,20-25H2,1-10H3,(H,42,47)(H,43,48). The molecule has 4 rings (SSSR count). The molecule has 0 saturated carbocycles. The summed E-state index contributed by atoms with van der Waals surface area (Å²) in [6, 6.07) is 14.1. The van der Waals surface area contributed by atoms with Crippen molar-refractivity contribution in [1.82, 2.24) is 15.5 Å². The van der Waals surface area contributed by atoms with E-state index in [1.807, 2.05) is 45.9 Å². The normalized spacial score (nSPS) is 13.1. The Morgan fingerprint density at radius 3 is 1.80 bits per heavy atom. The molecule has 10 heteroatoms. The summed E-state index contributed by atoms with van der Waals surface area (Å²) in [5.41, 5.74) is -0.104. The van der Waals surface area contributed by atoms with E-state index in [0.29, 0.717) is 31.7 Å². The number of ether oxygens (including phenoxy) is 3. The van der Waals surface area contributed by atoms with Gasteiger partial charge in [-0.2, -0.15) is 0 Å². The second kappa shape index (κ2) is 15.3. The van der Waals surface area contributed by atoms with E-state index < -0.39 is 40.4 Å². The first-order valence-corrected chi connectivity index (χ1v) is 17.8. The van der Waals surface area contributed by atoms with Crippen LogP contribution in [0.1, 0.15) is 106 Å². The lowest BCUT2D eigenvalue weighted by Gasteiger charge is -2.34. The molecule has 1 aliphatic carbocycles. The van der Waals surface area contributed by atoms with Crippen LogP contribution in [0.15, 0.2) is 48.5 Å². The lowest BCUT2D eigenvalue weighted by atomic mass is 9.96. The number of nitrogens with one attached hydrogen (secondary N) is 2. The van der Waals surface area contributed by atoms with Crippen LogP contribution in [-0.2, 0) is 25.5 Å². The second-order valence-electron chi connectivity index (χ2n) is 16.7. The number of benzene rings is 3. The molecule has 0 aromatic heterocycles. The van der Waals surface area contributed by atoms with E-state index in [1.165, 1.54) is 16.5 Å². The largest absolute Gasteiger partial charge is 0.444 e. The molecule has 3 aromatic rings. The monoisotopic (exact) mass is 701 g/mol. The fraction of sp³-hybridized carbons (Fsp3) is 0.512. The Balaban J connectivity index is 1.40. The van der Waals surface area contributed by atoms with Crippen LogP contribution in [0, 0.1) is 0 Å². The molecule has 3 aromatic carbocycles. The maximum atomic E-state index is 13.6. The van der Waals surface area contributed by atoms with Gasteiger partial charge in [0.15, 0.2) is 0 Å². The molecule has 0 fully saturated rings. The van der Waals surface area contributed by atoms with Crippen molar-refractivity contribution in [2.75, 3.05) is 13.1 Å². The Morgan fingerprint density at radius 2 is 1.24 bits per heavy atom. The van der Waals surface area contributed by atoms with Crippen LogP contribution in [0.3, 0.4) is 0 Å². The quantitative estimate of drug-likeness (QED) is 0.110. The molecule has 0 heterocycles. The van der Waals surface area contributed by atoms with Gasteiger partial charge >= 0.3 is 18.2 Å². The van der Waals surface area contributed by atoms with Gasteiger partial charge in [-0.1, -0.05) is 42.5 Å². The van der Waals surface area contributed by atoms with Crippen molar-refractivity contribution in [2.24, 2.45) is 0 Å². The van der Waals surface area contributed by atoms with Crippen molar-refractivity contribution in [3.05, 3.63) is 59.7 Å². The van der Waals surface area contributed by atoms with Gasteiger partial charge in [0.2, 0.25) is 5.91 Å². The van der Waals surface area contributed by atoms with Gasteiger partial charge in [0, 0.05) is 30.6 Å². The molecule has 51 heavy (non-hydrogen) atoms. The van der Waals surface area contributed by atoms with E-state index in [1.54, 1.807) is 52.5 Å². The van der Waals surface area contributed by atoms with Crippen LogP contribution in [0.25, 0.3) is 27.6 Å². The van der Waals surface area contributed by atoms with E-state index in [-0.39, 0.29) is 18.7 Å². The summed E-state index contributed by atoms with van der Waals surface area (Å²) in [5, 5.41) is 10.2. The highest BCUT2D eigenvalue weighted by Gasteiger charge is 2.29. The van der Waals surface area contributed by atoms with Gasteiger partial charge in [0.1, 0.15) is 17.0 Å². The average Bonchev–Trinajstić information content (AvgIpc) is 3.46. The number of carbonyl (C=O) groups is 4. The topological polar surface area (TPSA) is 123 Å². The minimum absolute atomic E-state index is 0.0595. The van der Waals surface area contributed by atoms with Crippen LogP contribution in [0.2, 0.25) is 0 Å². The number of carbonyl (C=O) groups excluding carboxylic acids is 4. The average molecular weight is 702 g/mol. The zero-order valence-corrected chi connectivity index (χ0v) is 32.0. The fourth-order valence-corrected chi connectivity index (χ4v) is 5.98. The predicted molar refractivity (Wildman–Crippen MR) is 202 cm³/mol. The Kier molecular flexibility index (Phi) is 11.8. The Hall–Kier alpha value is -4.60. The SMILES string of the molecule is CC(C)(CCN(CCC(C)(C)NC(=O)OC(C)(C)C)C(=O)CCC(=O)Oc1ccc2c(ccc3c4c(ccc32)C=CC4)c1)NC(=O)OC(C)(C)C. The molecule has 0 spiro atoms. The number of nitrogens with zero attached hydrogens (tertiary/aromatic N) is 1. The minimum Gasteiger partial charge on any atom is -0.444 e. The molecule has 0 atom stereocenters. The molecule has 276 valence electrons. The molecule has 0 radical (unpaired) electrons. The first kappa shape index (κ1) is 39.2. The fourth-order valence-electron chi connectivity index (χ4n) is 5.98. The van der Waals surface area contributed by atoms with Crippen molar-refractivity contribution in [1.29, 1.82) is 0 Å². The lowest BCUT2D eigenvalue weighted by molar-refractivity contribution is -0.139. The highest BCUT2D eigenvalue weighted by atomic mass is 16.6. The summed E-state index contributed by atoms with van der Waals surface area (Å²) >= 11 is 0. The van der Waals surface area contributed by atoms with Crippen molar-refractivity contribution in [3.8, 4) is 5.75 Å². The maximum absolute atomic E-state index is 13.6. The number of amides is 3. The molecular formula is C41H55N3O7. The summed E-state index contributed by atoms with van der Waals surface area (Å²) in [6.45, 7) is 18.8. The molecular weight excluding hydrogens is 646 g/mol. The first-order chi connectivity index (χ1) is 23.6. The predicted octanol–water partition coefficient (Wildman–Crippen LogP) is 8.46. The molecule has 2 N–H and O–H groups in total. The molecule has 3 amide bonds. The van der Waals surface area contributed by atoms with Crippen LogP contribution in [0.4, 0.5) is 9.59 Å². The van der Waals surface area contributed by atoms with Crippen LogP contribution >= 0.6 is 0 Å². The second-order valence-corrected chi connectivity index (χ2v) is 16.7. The number of alkyl carbamates (subject to hydrolysis) is 2. The van der Waals surface area contributed by atoms with Gasteiger partial charge in [0.05, 0.1) is 6.42 Å². The summed E-state index contributed by atoms with van der Waals surface area (Å²) in [7, 11) is 0. The van der Waals surface area contributed by atoms with Crippen molar-refractivity contribution in [3.63, 3.8) is 0 Å². The number of rotatable bonds is 12. The lowest BCUT2D eigenvalue weighted by Crippen LogP contribution is -2.50. The van der Waals surface area contributed by atoms with Gasteiger partial charge < -0.3 is 29.7 Å². The van der Waals surface area contributed by atoms with E-state index in [9.17, 15) is 19.2 Å². The maximum Gasteiger partial charge on any atom is 0.408 e. The van der Waals surface area contributed by atoms with E-state index in [0.717, 1.165) is 22.6 Å². The van der Waals surface area contributed by atoms with E-state index in [4.69, 9.17) is 14.2 Å². The van der Waals surface area contributed by atoms with Crippen molar-refractivity contribution < 1.29 is 33.4 Å². The zero-order valence-electron chi connectivity index (χ0n) is 32.0. The van der Waals surface area contributed by atoms with Gasteiger partial charge in [-0.15, -0.1) is 0 Å². The number of allylic oxidation sites excluding steroid dienone is 1. The summed E-state index contributed by atoms with van der Waals surface area (Å²) in [5.74, 6) is -0.324. The summed E-state index contributed by atoms with van der Waals surface area (Å²) in [4.78, 5) is 53.3. The molecule has 0 bridgehead atoms. The van der Waals surface area contributed by atoms with E-state index in [2.05, 4.69) is 41.0 Å². The Labute approximate surface area is 302 Å². The van der Waals surface area contributed by atoms with Crippen LogP contribution in [0.5, 0.6) is 5.75 Å². The third kappa shape index (κ3) is 11.7. The highest BCUT2D eigenvalue weighted by Crippen LogP contribution is 2.34. The van der Waals surface area contributed by atoms with E-state index >= 15 is 0 Å². The number of esters is 1. The smallest absolute Gasteiger partial charge is 0.408 e. The number of fused-ring (bicyclic) bond motifs is 5. The third-order valence-electron chi connectivity index (χ3n) is 8.57. The highest BCUT2D eigenvalue weighted by molar-refractivity contribution is 6.10. The number of hydrogen-bond acceptors (Lipinski definition) is 7. The van der Waals surface area contributed by atoms with Crippen molar-refractivity contribution >= 4 is 51.7 Å². The summed E-state index contributed by atoms with van der Waals surface area (Å²) in [6.07, 6.45) is 4.85. The molecule has 0 aliphatic heterocycles. The van der Waals surface area contributed by atoms with Gasteiger partial charge in [0.25, 0.3) is 0 Å². The minimum atomic E-state index is -0.692. The Bertz CT molecular complexity index is 1770. The summed E-state index contributed by atoms with van der Waals surface area (Å²) < 4.78 is 16.5. The Morgan fingerprint density at radius 1 is 0.686 bits per heavy atom.